The van der Waals surface area contributed by atoms with E-state index < -0.39 is 5.97 Å². The maximum absolute atomic E-state index is 11.3. The summed E-state index contributed by atoms with van der Waals surface area (Å²) in [6.45, 7) is 2.00. The van der Waals surface area contributed by atoms with Crippen LogP contribution in [0.3, 0.4) is 0 Å². The van der Waals surface area contributed by atoms with Crippen molar-refractivity contribution >= 4 is 52.4 Å². The number of carbonyl (C=O) groups is 1. The van der Waals surface area contributed by atoms with E-state index in [0.717, 1.165) is 11.3 Å². The number of carboxylic acids is 1. The molecule has 0 saturated heterocycles. The van der Waals surface area contributed by atoms with Crippen LogP contribution in [0.25, 0.3) is 22.6 Å². The summed E-state index contributed by atoms with van der Waals surface area (Å²) in [7, 11) is 0. The minimum Gasteiger partial charge on any atom is -0.478 e. The predicted octanol–water partition coefficient (Wildman–Crippen LogP) is 4.82. The summed E-state index contributed by atoms with van der Waals surface area (Å²) in [4.78, 5) is 20.0. The highest BCUT2D eigenvalue weighted by atomic mass is 35.5. The molecule has 12 nitrogen and oxygen atoms in total. The number of nitrogens with one attached hydrogen (secondary N) is 3. The molecule has 0 radical (unpaired) electrons. The molecule has 3 heterocycles. The van der Waals surface area contributed by atoms with Crippen LogP contribution in [-0.2, 0) is 0 Å². The highest BCUT2D eigenvalue weighted by molar-refractivity contribution is 6.33. The monoisotopic (exact) mass is 504 g/mol. The van der Waals surface area contributed by atoms with Gasteiger partial charge in [0.25, 0.3) is 0 Å². The van der Waals surface area contributed by atoms with Gasteiger partial charge in [-0.3, -0.25) is 16.3 Å². The molecule has 0 unspecified atom stereocenters. The van der Waals surface area contributed by atoms with Crippen molar-refractivity contribution < 1.29 is 18.9 Å². The number of nitrogens with zero attached hydrogens (tertiary/aromatic N) is 5. The third-order valence-corrected chi connectivity index (χ3v) is 5.29. The third kappa shape index (κ3) is 4.93. The van der Waals surface area contributed by atoms with Crippen LogP contribution in [0.2, 0.25) is 5.02 Å². The number of furan rings is 1. The number of benzene rings is 2. The molecule has 0 spiro atoms. The lowest BCUT2D eigenvalue weighted by Crippen LogP contribution is -2.13. The summed E-state index contributed by atoms with van der Waals surface area (Å²) in [5, 5.41) is 21.0. The van der Waals surface area contributed by atoms with Crippen molar-refractivity contribution in [3.8, 4) is 11.3 Å². The predicted molar refractivity (Wildman–Crippen MR) is 133 cm³/mol. The third-order valence-electron chi connectivity index (χ3n) is 4.96. The van der Waals surface area contributed by atoms with Gasteiger partial charge >= 0.3 is 5.97 Å². The normalized spacial score (nSPS) is 11.2. The second kappa shape index (κ2) is 9.72. The van der Waals surface area contributed by atoms with Gasteiger partial charge in [-0.25, -0.2) is 9.42 Å². The summed E-state index contributed by atoms with van der Waals surface area (Å²) in [5.74, 6) is 0.299. The second-order valence-corrected chi connectivity index (χ2v) is 7.93. The lowest BCUT2D eigenvalue weighted by atomic mass is 10.1. The number of hydrazine groups is 1. The van der Waals surface area contributed by atoms with Gasteiger partial charge in [0.2, 0.25) is 11.3 Å². The number of fused-ring (bicyclic) bond motifs is 1. The first-order chi connectivity index (χ1) is 17.5. The van der Waals surface area contributed by atoms with Crippen LogP contribution in [0.4, 0.5) is 17.3 Å². The van der Waals surface area contributed by atoms with Gasteiger partial charge in [-0.2, -0.15) is 15.1 Å². The number of aromatic nitrogens is 4. The quantitative estimate of drug-likeness (QED) is 0.169. The van der Waals surface area contributed by atoms with E-state index in [4.69, 9.17) is 20.6 Å². The summed E-state index contributed by atoms with van der Waals surface area (Å²) in [6.07, 6.45) is 1.43. The number of hydrogen-bond acceptors (Lipinski definition) is 11. The molecule has 5 aromatic rings. The molecule has 0 atom stereocenters. The van der Waals surface area contributed by atoms with Gasteiger partial charge in [-0.15, -0.1) is 0 Å². The van der Waals surface area contributed by atoms with E-state index >= 15 is 0 Å². The molecule has 5 rings (SSSR count). The number of hydrogen-bond donors (Lipinski definition) is 4. The Labute approximate surface area is 207 Å². The number of aryl methyl sites for hydroxylation is 1. The Hall–Kier alpha value is -4.97. The molecule has 0 aliphatic rings. The van der Waals surface area contributed by atoms with Gasteiger partial charge in [0, 0.05) is 5.56 Å². The van der Waals surface area contributed by atoms with Gasteiger partial charge in [-0.05, 0) is 59.7 Å². The fourth-order valence-electron chi connectivity index (χ4n) is 3.15. The Morgan fingerprint density at radius 3 is 2.50 bits per heavy atom. The number of aromatic carboxylic acids is 1. The highest BCUT2D eigenvalue weighted by Crippen LogP contribution is 2.27. The topological polar surface area (TPSA) is 164 Å². The summed E-state index contributed by atoms with van der Waals surface area (Å²) in [5.41, 5.74) is 11.7. The van der Waals surface area contributed by atoms with Gasteiger partial charge in [0.15, 0.2) is 11.6 Å². The van der Waals surface area contributed by atoms with Crippen LogP contribution in [0, 0.1) is 6.92 Å². The first-order valence-corrected chi connectivity index (χ1v) is 10.9. The van der Waals surface area contributed by atoms with Crippen LogP contribution in [0.15, 0.2) is 68.7 Å². The Morgan fingerprint density at radius 1 is 1.00 bits per heavy atom. The number of halogens is 1. The maximum Gasteiger partial charge on any atom is 0.337 e. The number of carboxylic acid groups (broad SMARTS) is 1. The summed E-state index contributed by atoms with van der Waals surface area (Å²) in [6, 6.07) is 15.7. The van der Waals surface area contributed by atoms with E-state index in [1.54, 1.807) is 18.2 Å². The molecule has 0 saturated carbocycles. The lowest BCUT2D eigenvalue weighted by molar-refractivity contribution is 0.0697. The fraction of sp³-hybridized carbons (Fsp3) is 0.0435. The van der Waals surface area contributed by atoms with Crippen LogP contribution >= 0.6 is 11.6 Å². The van der Waals surface area contributed by atoms with E-state index in [1.807, 2.05) is 31.2 Å². The van der Waals surface area contributed by atoms with Crippen LogP contribution in [0.1, 0.15) is 21.7 Å². The van der Waals surface area contributed by atoms with Crippen molar-refractivity contribution in [2.45, 2.75) is 6.92 Å². The molecular weight excluding hydrogens is 488 g/mol. The van der Waals surface area contributed by atoms with E-state index in [2.05, 4.69) is 41.7 Å². The van der Waals surface area contributed by atoms with Crippen LogP contribution in [0.5, 0.6) is 0 Å². The molecule has 0 bridgehead atoms. The van der Waals surface area contributed by atoms with Crippen molar-refractivity contribution in [2.75, 3.05) is 16.3 Å². The van der Waals surface area contributed by atoms with Gasteiger partial charge in [0.05, 0.1) is 22.5 Å². The van der Waals surface area contributed by atoms with Crippen LogP contribution in [-0.4, -0.2) is 37.6 Å². The van der Waals surface area contributed by atoms with E-state index in [0.29, 0.717) is 22.9 Å². The SMILES string of the molecule is Cc1ccc(NNc2nc3nonc3nc2N/N=C/c2ccc(-c3ccc(Cl)c(C(=O)O)c3)o2)cc1. The van der Waals surface area contributed by atoms with Crippen molar-refractivity contribution in [3.63, 3.8) is 0 Å². The molecule has 36 heavy (non-hydrogen) atoms. The zero-order valence-electron chi connectivity index (χ0n) is 18.6. The van der Waals surface area contributed by atoms with Gasteiger partial charge in [0.1, 0.15) is 11.5 Å². The van der Waals surface area contributed by atoms with E-state index in [1.165, 1.54) is 18.3 Å². The molecule has 180 valence electrons. The molecule has 0 aliphatic carbocycles. The van der Waals surface area contributed by atoms with Crippen molar-refractivity contribution in [1.82, 2.24) is 20.3 Å². The van der Waals surface area contributed by atoms with Crippen LogP contribution < -0.4 is 16.3 Å². The molecule has 13 heteroatoms. The molecule has 0 amide bonds. The number of rotatable bonds is 8. The Bertz CT molecular complexity index is 1580. The van der Waals surface area contributed by atoms with E-state index in [-0.39, 0.29) is 27.7 Å². The zero-order chi connectivity index (χ0) is 25.1. The molecule has 3 aromatic heterocycles. The average Bonchev–Trinajstić information content (AvgIpc) is 3.53. The van der Waals surface area contributed by atoms with Crippen molar-refractivity contribution in [2.24, 2.45) is 5.10 Å². The first-order valence-electron chi connectivity index (χ1n) is 10.5. The smallest absolute Gasteiger partial charge is 0.337 e. The summed E-state index contributed by atoms with van der Waals surface area (Å²) < 4.78 is 10.5. The molecule has 2 aromatic carbocycles. The average molecular weight is 505 g/mol. The highest BCUT2D eigenvalue weighted by Gasteiger charge is 2.14. The minimum atomic E-state index is -1.12. The van der Waals surface area contributed by atoms with Gasteiger partial charge in [-0.1, -0.05) is 29.3 Å². The number of anilines is 3. The Morgan fingerprint density at radius 2 is 1.75 bits per heavy atom. The molecule has 0 aliphatic heterocycles. The Balaban J connectivity index is 1.33. The second-order valence-electron chi connectivity index (χ2n) is 7.52. The molecule has 0 fully saturated rings. The molecular formula is C23H17ClN8O4. The minimum absolute atomic E-state index is 0.0157. The van der Waals surface area contributed by atoms with E-state index in [9.17, 15) is 9.90 Å². The largest absolute Gasteiger partial charge is 0.478 e. The molecule has 4 N–H and O–H groups in total. The zero-order valence-corrected chi connectivity index (χ0v) is 19.3. The number of hydrazone groups is 1. The fourth-order valence-corrected chi connectivity index (χ4v) is 3.35. The van der Waals surface area contributed by atoms with Crippen molar-refractivity contribution in [3.05, 3.63) is 76.5 Å². The Kier molecular flexibility index (Phi) is 6.16. The maximum atomic E-state index is 11.3. The van der Waals surface area contributed by atoms with Crippen molar-refractivity contribution in [1.29, 1.82) is 0 Å². The standard InChI is InChI=1S/C23H17ClN8O4/c1-12-2-5-14(6-3-12)28-30-20-19(26-21-22(27-20)32-36-31-21)29-25-11-15-7-9-18(35-15)13-4-8-17(24)16(10-13)23(33)34/h2-11,28H,1H3,(H,33,34)(H,26,29,31)(H,27,30,32)/b25-11+. The summed E-state index contributed by atoms with van der Waals surface area (Å²) >= 11 is 5.94. The lowest BCUT2D eigenvalue weighted by Gasteiger charge is -2.11. The first kappa shape index (κ1) is 22.8. The van der Waals surface area contributed by atoms with Gasteiger partial charge < -0.3 is 9.52 Å².